The van der Waals surface area contributed by atoms with E-state index in [0.29, 0.717) is 0 Å². The zero-order chi connectivity index (χ0) is 14.8. The highest BCUT2D eigenvalue weighted by molar-refractivity contribution is 5.84. The Bertz CT molecular complexity index is 756. The van der Waals surface area contributed by atoms with Gasteiger partial charge in [0, 0.05) is 56.2 Å². The highest BCUT2D eigenvalue weighted by Gasteiger charge is 2.05. The minimum atomic E-state index is 0.832. The number of anilines is 2. The molecule has 0 bridgehead atoms. The molecule has 0 radical (unpaired) electrons. The molecule has 3 aromatic rings. The molecule has 21 heavy (non-hydrogen) atoms. The monoisotopic (exact) mass is 279 g/mol. The molecular formula is C18H21N3. The molecule has 0 spiro atoms. The fraction of sp³-hybridized carbons (Fsp3) is 0.222. The van der Waals surface area contributed by atoms with Crippen molar-refractivity contribution >= 4 is 22.3 Å². The first-order chi connectivity index (χ1) is 10.1. The van der Waals surface area contributed by atoms with Gasteiger partial charge in [-0.15, -0.1) is 0 Å². The van der Waals surface area contributed by atoms with Crippen LogP contribution in [0.25, 0.3) is 10.9 Å². The molecule has 0 amide bonds. The third-order valence-corrected chi connectivity index (χ3v) is 3.82. The summed E-state index contributed by atoms with van der Waals surface area (Å²) in [5, 5.41) is 4.84. The van der Waals surface area contributed by atoms with Gasteiger partial charge in [-0.1, -0.05) is 24.3 Å². The topological polar surface area (TPSA) is 20.2 Å². The molecule has 0 saturated carbocycles. The molecular weight excluding hydrogens is 258 g/mol. The van der Waals surface area contributed by atoms with Crippen molar-refractivity contribution in [3.05, 3.63) is 60.3 Å². The lowest BCUT2D eigenvalue weighted by atomic mass is 10.1. The minimum absolute atomic E-state index is 0.832. The molecule has 0 aliphatic heterocycles. The van der Waals surface area contributed by atoms with E-state index in [1.54, 1.807) is 0 Å². The largest absolute Gasteiger partial charge is 0.381 e. The second-order valence-corrected chi connectivity index (χ2v) is 5.58. The van der Waals surface area contributed by atoms with Gasteiger partial charge in [0.25, 0.3) is 0 Å². The second-order valence-electron chi connectivity index (χ2n) is 5.58. The Morgan fingerprint density at radius 3 is 2.67 bits per heavy atom. The second kappa shape index (κ2) is 5.52. The number of nitrogens with zero attached hydrogens (tertiary/aromatic N) is 2. The Morgan fingerprint density at radius 1 is 1.05 bits per heavy atom. The van der Waals surface area contributed by atoms with Crippen molar-refractivity contribution in [3.63, 3.8) is 0 Å². The maximum Gasteiger partial charge on any atom is 0.0481 e. The number of hydrogen-bond donors (Lipinski definition) is 1. The van der Waals surface area contributed by atoms with Crippen LogP contribution in [0.3, 0.4) is 0 Å². The zero-order valence-electron chi connectivity index (χ0n) is 12.8. The molecule has 0 saturated heterocycles. The SMILES string of the molecule is CN(C)c1cccc(NCc2cn(C)c3ccccc23)c1. The van der Waals surface area contributed by atoms with Gasteiger partial charge in [0.1, 0.15) is 0 Å². The summed E-state index contributed by atoms with van der Waals surface area (Å²) in [6, 6.07) is 17.0. The maximum absolute atomic E-state index is 3.52. The number of benzene rings is 2. The van der Waals surface area contributed by atoms with Crippen LogP contribution in [0.2, 0.25) is 0 Å². The van der Waals surface area contributed by atoms with Gasteiger partial charge in [0.15, 0.2) is 0 Å². The van der Waals surface area contributed by atoms with E-state index in [-0.39, 0.29) is 0 Å². The lowest BCUT2D eigenvalue weighted by Gasteiger charge is -2.14. The normalized spacial score (nSPS) is 10.8. The number of aryl methyl sites for hydroxylation is 1. The summed E-state index contributed by atoms with van der Waals surface area (Å²) >= 11 is 0. The van der Waals surface area contributed by atoms with E-state index in [1.165, 1.54) is 22.2 Å². The summed E-state index contributed by atoms with van der Waals surface area (Å²) in [6.45, 7) is 0.832. The molecule has 3 heteroatoms. The molecule has 108 valence electrons. The van der Waals surface area contributed by atoms with Gasteiger partial charge in [0.05, 0.1) is 0 Å². The van der Waals surface area contributed by atoms with Gasteiger partial charge in [-0.3, -0.25) is 0 Å². The zero-order valence-corrected chi connectivity index (χ0v) is 12.8. The number of aromatic nitrogens is 1. The Hall–Kier alpha value is -2.42. The highest BCUT2D eigenvalue weighted by atomic mass is 15.1. The van der Waals surface area contributed by atoms with Crippen LogP contribution in [0, 0.1) is 0 Å². The van der Waals surface area contributed by atoms with Gasteiger partial charge < -0.3 is 14.8 Å². The van der Waals surface area contributed by atoms with Crippen LogP contribution in [0.1, 0.15) is 5.56 Å². The molecule has 1 aromatic heterocycles. The lowest BCUT2D eigenvalue weighted by molar-refractivity contribution is 0.956. The van der Waals surface area contributed by atoms with Crippen molar-refractivity contribution in [2.24, 2.45) is 7.05 Å². The molecule has 0 aliphatic rings. The number of nitrogens with one attached hydrogen (secondary N) is 1. The van der Waals surface area contributed by atoms with E-state index in [9.17, 15) is 0 Å². The Labute approximate surface area is 125 Å². The first-order valence-corrected chi connectivity index (χ1v) is 7.19. The van der Waals surface area contributed by atoms with Crippen molar-refractivity contribution in [3.8, 4) is 0 Å². The van der Waals surface area contributed by atoms with Crippen molar-refractivity contribution in [1.29, 1.82) is 0 Å². The lowest BCUT2D eigenvalue weighted by Crippen LogP contribution is -2.09. The van der Waals surface area contributed by atoms with E-state index >= 15 is 0 Å². The van der Waals surface area contributed by atoms with Crippen LogP contribution in [-0.4, -0.2) is 18.7 Å². The standard InChI is InChI=1S/C18H21N3/c1-20(2)16-8-6-7-15(11-16)19-12-14-13-21(3)18-10-5-4-9-17(14)18/h4-11,13,19H,12H2,1-3H3. The molecule has 0 atom stereocenters. The Kier molecular flexibility index (Phi) is 3.57. The number of rotatable bonds is 4. The molecule has 3 nitrogen and oxygen atoms in total. The highest BCUT2D eigenvalue weighted by Crippen LogP contribution is 2.22. The summed E-state index contributed by atoms with van der Waals surface area (Å²) in [5.74, 6) is 0. The molecule has 2 aromatic carbocycles. The minimum Gasteiger partial charge on any atom is -0.381 e. The van der Waals surface area contributed by atoms with Crippen LogP contribution in [0.15, 0.2) is 54.7 Å². The molecule has 0 fully saturated rings. The van der Waals surface area contributed by atoms with E-state index in [1.807, 2.05) is 0 Å². The van der Waals surface area contributed by atoms with Crippen LogP contribution < -0.4 is 10.2 Å². The summed E-state index contributed by atoms with van der Waals surface area (Å²) < 4.78 is 2.18. The fourth-order valence-corrected chi connectivity index (χ4v) is 2.66. The van der Waals surface area contributed by atoms with E-state index in [0.717, 1.165) is 12.2 Å². The fourth-order valence-electron chi connectivity index (χ4n) is 2.66. The third-order valence-electron chi connectivity index (χ3n) is 3.82. The summed E-state index contributed by atoms with van der Waals surface area (Å²) in [5.41, 5.74) is 4.95. The average molecular weight is 279 g/mol. The predicted molar refractivity (Wildman–Crippen MR) is 91.0 cm³/mol. The molecule has 3 rings (SSSR count). The van der Waals surface area contributed by atoms with Crippen molar-refractivity contribution < 1.29 is 0 Å². The van der Waals surface area contributed by atoms with Crippen LogP contribution in [0.4, 0.5) is 11.4 Å². The molecule has 0 unspecified atom stereocenters. The Balaban J connectivity index is 1.82. The van der Waals surface area contributed by atoms with Crippen LogP contribution in [0.5, 0.6) is 0 Å². The van der Waals surface area contributed by atoms with E-state index in [2.05, 4.69) is 90.7 Å². The van der Waals surface area contributed by atoms with E-state index < -0.39 is 0 Å². The van der Waals surface area contributed by atoms with Gasteiger partial charge in [0.2, 0.25) is 0 Å². The smallest absolute Gasteiger partial charge is 0.0481 e. The summed E-state index contributed by atoms with van der Waals surface area (Å²) in [4.78, 5) is 2.11. The van der Waals surface area contributed by atoms with Gasteiger partial charge in [-0.25, -0.2) is 0 Å². The number of fused-ring (bicyclic) bond motifs is 1. The van der Waals surface area contributed by atoms with Crippen molar-refractivity contribution in [2.45, 2.75) is 6.54 Å². The van der Waals surface area contributed by atoms with Crippen LogP contribution in [-0.2, 0) is 13.6 Å². The predicted octanol–water partition coefficient (Wildman–Crippen LogP) is 3.86. The first-order valence-electron chi connectivity index (χ1n) is 7.19. The number of para-hydroxylation sites is 1. The van der Waals surface area contributed by atoms with Gasteiger partial charge in [-0.05, 0) is 29.8 Å². The first kappa shape index (κ1) is 13.6. The average Bonchev–Trinajstić information content (AvgIpc) is 2.82. The van der Waals surface area contributed by atoms with Crippen LogP contribution >= 0.6 is 0 Å². The summed E-state index contributed by atoms with van der Waals surface area (Å²) in [7, 11) is 6.21. The Morgan fingerprint density at radius 2 is 1.86 bits per heavy atom. The molecule has 1 N–H and O–H groups in total. The van der Waals surface area contributed by atoms with Gasteiger partial charge in [-0.2, -0.15) is 0 Å². The summed E-state index contributed by atoms with van der Waals surface area (Å²) in [6.07, 6.45) is 2.20. The van der Waals surface area contributed by atoms with E-state index in [4.69, 9.17) is 0 Å². The molecule has 1 heterocycles. The van der Waals surface area contributed by atoms with Crippen molar-refractivity contribution in [2.75, 3.05) is 24.3 Å². The quantitative estimate of drug-likeness (QED) is 0.782. The maximum atomic E-state index is 3.52. The van der Waals surface area contributed by atoms with Gasteiger partial charge >= 0.3 is 0 Å². The molecule has 0 aliphatic carbocycles. The number of hydrogen-bond acceptors (Lipinski definition) is 2. The van der Waals surface area contributed by atoms with Crippen molar-refractivity contribution in [1.82, 2.24) is 4.57 Å². The third kappa shape index (κ3) is 2.72.